The first-order valence-electron chi connectivity index (χ1n) is 9.97. The Labute approximate surface area is 177 Å². The molecule has 0 aliphatic carbocycles. The van der Waals surface area contributed by atoms with E-state index < -0.39 is 0 Å². The molecule has 30 heavy (non-hydrogen) atoms. The molecule has 0 bridgehead atoms. The molecule has 1 aliphatic rings. The van der Waals surface area contributed by atoms with Crippen molar-refractivity contribution in [2.75, 3.05) is 47.5 Å². The first-order valence-corrected chi connectivity index (χ1v) is 9.97. The van der Waals surface area contributed by atoms with E-state index in [4.69, 9.17) is 14.2 Å². The van der Waals surface area contributed by atoms with Crippen LogP contribution >= 0.6 is 0 Å². The molecular formula is C23H28N2O5. The summed E-state index contributed by atoms with van der Waals surface area (Å²) in [7, 11) is 4.79. The fourth-order valence-electron chi connectivity index (χ4n) is 3.52. The highest BCUT2D eigenvalue weighted by molar-refractivity contribution is 5.94. The average molecular weight is 412 g/mol. The van der Waals surface area contributed by atoms with Gasteiger partial charge in [0.1, 0.15) is 17.2 Å². The number of rotatable bonds is 7. The van der Waals surface area contributed by atoms with Gasteiger partial charge in [0.2, 0.25) is 5.91 Å². The fourth-order valence-corrected chi connectivity index (χ4v) is 3.52. The van der Waals surface area contributed by atoms with Gasteiger partial charge >= 0.3 is 0 Å². The molecule has 1 fully saturated rings. The summed E-state index contributed by atoms with van der Waals surface area (Å²) in [6.07, 6.45) is 1.01. The summed E-state index contributed by atoms with van der Waals surface area (Å²) in [4.78, 5) is 29.0. The highest BCUT2D eigenvalue weighted by Gasteiger charge is 2.25. The summed E-state index contributed by atoms with van der Waals surface area (Å²) in [6, 6.07) is 12.8. The van der Waals surface area contributed by atoms with E-state index in [-0.39, 0.29) is 11.8 Å². The van der Waals surface area contributed by atoms with E-state index >= 15 is 0 Å². The van der Waals surface area contributed by atoms with Crippen molar-refractivity contribution in [1.82, 2.24) is 9.80 Å². The van der Waals surface area contributed by atoms with Crippen molar-refractivity contribution in [3.8, 4) is 17.2 Å². The smallest absolute Gasteiger partial charge is 0.254 e. The van der Waals surface area contributed by atoms with Crippen LogP contribution in [0.4, 0.5) is 0 Å². The fraction of sp³-hybridized carbons (Fsp3) is 0.391. The van der Waals surface area contributed by atoms with Crippen LogP contribution in [0.25, 0.3) is 0 Å². The Kier molecular flexibility index (Phi) is 7.17. The second kappa shape index (κ2) is 10.0. The van der Waals surface area contributed by atoms with Gasteiger partial charge in [0.25, 0.3) is 5.91 Å². The third-order valence-corrected chi connectivity index (χ3v) is 5.28. The lowest BCUT2D eigenvalue weighted by Crippen LogP contribution is -2.50. The highest BCUT2D eigenvalue weighted by atomic mass is 16.5. The maximum Gasteiger partial charge on any atom is 0.254 e. The molecule has 0 radical (unpaired) electrons. The molecule has 160 valence electrons. The average Bonchev–Trinajstić information content (AvgIpc) is 2.81. The number of piperazine rings is 1. The van der Waals surface area contributed by atoms with Gasteiger partial charge in [0, 0.05) is 44.2 Å². The van der Waals surface area contributed by atoms with E-state index in [0.717, 1.165) is 5.56 Å². The van der Waals surface area contributed by atoms with Crippen molar-refractivity contribution in [3.63, 3.8) is 0 Å². The van der Waals surface area contributed by atoms with Gasteiger partial charge in [0.05, 0.1) is 21.3 Å². The summed E-state index contributed by atoms with van der Waals surface area (Å²) in [6.45, 7) is 2.12. The zero-order valence-electron chi connectivity index (χ0n) is 17.7. The minimum atomic E-state index is -0.0375. The van der Waals surface area contributed by atoms with Crippen LogP contribution in [0, 0.1) is 0 Å². The molecule has 1 saturated heterocycles. The Bertz CT molecular complexity index is 869. The number of carbonyl (C=O) groups is 2. The van der Waals surface area contributed by atoms with Crippen LogP contribution in [-0.4, -0.2) is 69.1 Å². The summed E-state index contributed by atoms with van der Waals surface area (Å²) in [5.74, 6) is 2.13. The van der Waals surface area contributed by atoms with E-state index in [1.54, 1.807) is 44.4 Å². The van der Waals surface area contributed by atoms with Gasteiger partial charge in [-0.05, 0) is 42.3 Å². The Morgan fingerprint density at radius 1 is 0.800 bits per heavy atom. The molecule has 7 heteroatoms. The van der Waals surface area contributed by atoms with Crippen molar-refractivity contribution < 1.29 is 23.8 Å². The maximum atomic E-state index is 12.7. The monoisotopic (exact) mass is 412 g/mol. The van der Waals surface area contributed by atoms with Crippen LogP contribution in [0.15, 0.2) is 42.5 Å². The predicted octanol–water partition coefficient (Wildman–Crippen LogP) is 2.63. The largest absolute Gasteiger partial charge is 0.497 e. The van der Waals surface area contributed by atoms with Gasteiger partial charge in [0.15, 0.2) is 0 Å². The van der Waals surface area contributed by atoms with E-state index in [1.807, 2.05) is 29.2 Å². The van der Waals surface area contributed by atoms with Crippen molar-refractivity contribution in [1.29, 1.82) is 0 Å². The lowest BCUT2D eigenvalue weighted by atomic mass is 10.1. The Hall–Kier alpha value is -3.22. The number of methoxy groups -OCH3 is 3. The number of hydrogen-bond donors (Lipinski definition) is 0. The number of carbonyl (C=O) groups excluding carboxylic acids is 2. The Morgan fingerprint density at radius 3 is 2.00 bits per heavy atom. The molecule has 0 N–H and O–H groups in total. The van der Waals surface area contributed by atoms with Crippen LogP contribution < -0.4 is 14.2 Å². The summed E-state index contributed by atoms with van der Waals surface area (Å²) in [5.41, 5.74) is 1.59. The van der Waals surface area contributed by atoms with Crippen LogP contribution in [0.5, 0.6) is 17.2 Å². The molecule has 7 nitrogen and oxygen atoms in total. The van der Waals surface area contributed by atoms with E-state index in [9.17, 15) is 9.59 Å². The van der Waals surface area contributed by atoms with Gasteiger partial charge in [-0.3, -0.25) is 9.59 Å². The Morgan fingerprint density at radius 2 is 1.40 bits per heavy atom. The van der Waals surface area contributed by atoms with Gasteiger partial charge in [-0.25, -0.2) is 0 Å². The van der Waals surface area contributed by atoms with E-state index in [1.165, 1.54) is 0 Å². The van der Waals surface area contributed by atoms with E-state index in [0.29, 0.717) is 61.8 Å². The van der Waals surface area contributed by atoms with Crippen LogP contribution in [0.1, 0.15) is 22.3 Å². The molecule has 2 amide bonds. The van der Waals surface area contributed by atoms with Gasteiger partial charge in [-0.1, -0.05) is 6.07 Å². The van der Waals surface area contributed by atoms with Crippen LogP contribution in [-0.2, 0) is 11.2 Å². The number of nitrogens with zero attached hydrogens (tertiary/aromatic N) is 2. The minimum Gasteiger partial charge on any atom is -0.497 e. The molecule has 3 rings (SSSR count). The first kappa shape index (κ1) is 21.5. The molecule has 1 aliphatic heterocycles. The van der Waals surface area contributed by atoms with Crippen LogP contribution in [0.2, 0.25) is 0 Å². The van der Waals surface area contributed by atoms with Crippen molar-refractivity contribution in [2.45, 2.75) is 12.8 Å². The van der Waals surface area contributed by atoms with Crippen LogP contribution in [0.3, 0.4) is 0 Å². The Balaban J connectivity index is 1.52. The summed E-state index contributed by atoms with van der Waals surface area (Å²) in [5, 5.41) is 0. The number of hydrogen-bond acceptors (Lipinski definition) is 5. The standard InChI is InChI=1S/C23H28N2O5/c1-28-19-6-4-5-18(15-19)23(27)25-11-9-24(10-12-25)22(26)8-7-17-13-20(29-2)16-21(14-17)30-3/h4-6,13-16H,7-12H2,1-3H3. The third-order valence-electron chi connectivity index (χ3n) is 5.28. The second-order valence-corrected chi connectivity index (χ2v) is 7.13. The quantitative estimate of drug-likeness (QED) is 0.699. The molecule has 1 heterocycles. The SMILES string of the molecule is COc1cc(CCC(=O)N2CCN(C(=O)c3cccc(OC)c3)CC2)cc(OC)c1. The number of benzene rings is 2. The number of aryl methyl sites for hydroxylation is 1. The van der Waals surface area contributed by atoms with Gasteiger partial charge in [-0.2, -0.15) is 0 Å². The molecular weight excluding hydrogens is 384 g/mol. The first-order chi connectivity index (χ1) is 14.5. The number of ether oxygens (including phenoxy) is 3. The topological polar surface area (TPSA) is 68.3 Å². The normalized spacial score (nSPS) is 13.7. The molecule has 2 aromatic carbocycles. The van der Waals surface area contributed by atoms with Gasteiger partial charge < -0.3 is 24.0 Å². The van der Waals surface area contributed by atoms with Crippen molar-refractivity contribution in [2.24, 2.45) is 0 Å². The predicted molar refractivity (Wildman–Crippen MR) is 113 cm³/mol. The minimum absolute atomic E-state index is 0.0375. The molecule has 0 spiro atoms. The number of amides is 2. The maximum absolute atomic E-state index is 12.7. The molecule has 0 saturated carbocycles. The molecule has 0 unspecified atom stereocenters. The zero-order valence-corrected chi connectivity index (χ0v) is 17.7. The van der Waals surface area contributed by atoms with E-state index in [2.05, 4.69) is 0 Å². The lowest BCUT2D eigenvalue weighted by Gasteiger charge is -2.35. The van der Waals surface area contributed by atoms with Crippen molar-refractivity contribution in [3.05, 3.63) is 53.6 Å². The molecule has 2 aromatic rings. The molecule has 0 aromatic heterocycles. The summed E-state index contributed by atoms with van der Waals surface area (Å²) >= 11 is 0. The van der Waals surface area contributed by atoms with Gasteiger partial charge in [-0.15, -0.1) is 0 Å². The lowest BCUT2D eigenvalue weighted by molar-refractivity contribution is -0.132. The molecule has 0 atom stereocenters. The zero-order chi connectivity index (χ0) is 21.5. The second-order valence-electron chi connectivity index (χ2n) is 7.13. The third kappa shape index (κ3) is 5.23. The van der Waals surface area contributed by atoms with Crippen molar-refractivity contribution >= 4 is 11.8 Å². The summed E-state index contributed by atoms with van der Waals surface area (Å²) < 4.78 is 15.8. The highest BCUT2D eigenvalue weighted by Crippen LogP contribution is 2.23.